The molecule has 0 fully saturated rings. The molecule has 0 spiro atoms. The molecule has 20 nitrogen and oxygen atoms in total. The Morgan fingerprint density at radius 2 is 0.580 bits per heavy atom. The second kappa shape index (κ2) is 65.3. The first-order valence-electron chi connectivity index (χ1n) is 38.4. The van der Waals surface area contributed by atoms with Crippen LogP contribution in [0.15, 0.2) is 195 Å². The SMILES string of the molecule is CC(C)(C)C(O)CC(O)C(C)(C)C.CC(O)CC(C)O.CC(O)CC(C)O.CC(O)CC(C)O.CC(O)CC(C)O.Cc1cc(-c2[c-]cccc2)nc(C)n1.Cc1cc(-c2[c-]cccc2)ncn1.Cc1cc(-c2[c-]cccc2)ncn1.Cc1ncnc(-c2[c-]cccc2)c1-c1ccccc1.Cc1ncnc(-c2[c-]cccc2)c1C.[Ir].[Ir].[Ir].[Ir].[Ir]. The van der Waals surface area contributed by atoms with E-state index in [-0.39, 0.29) is 160 Å². The van der Waals surface area contributed by atoms with Gasteiger partial charge in [-0.3, -0.25) is 24.9 Å². The molecule has 119 heavy (non-hydrogen) atoms. The molecule has 0 aliphatic heterocycles. The van der Waals surface area contributed by atoms with Crippen molar-refractivity contribution in [1.82, 2.24) is 49.8 Å². The van der Waals surface area contributed by atoms with Crippen LogP contribution in [0, 0.1) is 89.6 Å². The second-order valence-electron chi connectivity index (χ2n) is 30.1. The molecule has 11 aromatic rings. The Morgan fingerprint density at radius 3 is 0.874 bits per heavy atom. The van der Waals surface area contributed by atoms with Crippen molar-refractivity contribution in [1.29, 1.82) is 0 Å². The number of aliphatic hydroxyl groups excluding tert-OH is 10. The Morgan fingerprint density at radius 1 is 0.294 bits per heavy atom. The first kappa shape index (κ1) is 119. The maximum Gasteiger partial charge on any atom is 0.116 e. The predicted octanol–water partition coefficient (Wildman–Crippen LogP) is 16.3. The molecule has 0 saturated heterocycles. The zero-order valence-electron chi connectivity index (χ0n) is 72.4. The molecule has 10 unspecified atom stereocenters. The van der Waals surface area contributed by atoms with Gasteiger partial charge in [-0.15, -0.1) is 179 Å². The molecule has 10 atom stereocenters. The number of hydrogen-bond donors (Lipinski definition) is 10. The van der Waals surface area contributed by atoms with Crippen molar-refractivity contribution in [3.63, 3.8) is 0 Å². The van der Waals surface area contributed by atoms with Crippen molar-refractivity contribution in [3.05, 3.63) is 265 Å². The number of aliphatic hydroxyl groups is 10. The van der Waals surface area contributed by atoms with Gasteiger partial charge in [-0.2, -0.15) is 0 Å². The molecule has 5 radical (unpaired) electrons. The van der Waals surface area contributed by atoms with Crippen LogP contribution in [0.25, 0.3) is 67.4 Å². The third kappa shape index (κ3) is 53.9. The molecular weight excluding hydrogens is 2390 g/mol. The number of nitrogens with zero attached hydrogens (tertiary/aromatic N) is 10. The normalized spacial score (nSPS) is 12.7. The molecule has 5 aromatic heterocycles. The molecule has 11 rings (SSSR count). The van der Waals surface area contributed by atoms with E-state index >= 15 is 0 Å². The van der Waals surface area contributed by atoms with E-state index in [1.807, 2.05) is 248 Å². The van der Waals surface area contributed by atoms with Crippen molar-refractivity contribution in [2.24, 2.45) is 10.8 Å². The van der Waals surface area contributed by atoms with E-state index in [4.69, 9.17) is 40.9 Å². The topological polar surface area (TPSA) is 331 Å². The van der Waals surface area contributed by atoms with Gasteiger partial charge in [-0.25, -0.2) is 24.9 Å². The van der Waals surface area contributed by atoms with E-state index in [9.17, 15) is 10.2 Å². The van der Waals surface area contributed by atoms with Gasteiger partial charge in [0.25, 0.3) is 0 Å². The third-order valence-corrected chi connectivity index (χ3v) is 16.1. The first-order chi connectivity index (χ1) is 53.7. The van der Waals surface area contributed by atoms with E-state index in [0.29, 0.717) is 32.1 Å². The zero-order chi connectivity index (χ0) is 85.5. The summed E-state index contributed by atoms with van der Waals surface area (Å²) in [6, 6.07) is 71.0. The molecule has 0 bridgehead atoms. The van der Waals surface area contributed by atoms with Crippen molar-refractivity contribution in [3.8, 4) is 67.4 Å². The van der Waals surface area contributed by atoms with Gasteiger partial charge >= 0.3 is 0 Å². The molecule has 661 valence electrons. The monoisotopic (exact) mass is 2520 g/mol. The van der Waals surface area contributed by atoms with Crippen LogP contribution >= 0.6 is 0 Å². The molecule has 5 heterocycles. The third-order valence-electron chi connectivity index (χ3n) is 16.1. The molecule has 0 saturated carbocycles. The van der Waals surface area contributed by atoms with Crippen molar-refractivity contribution in [2.75, 3.05) is 0 Å². The molecule has 25 heteroatoms. The van der Waals surface area contributed by atoms with Crippen LogP contribution in [0.2, 0.25) is 0 Å². The Bertz CT molecular complexity index is 4130. The summed E-state index contributed by atoms with van der Waals surface area (Å²) in [5.74, 6) is 0.803. The van der Waals surface area contributed by atoms with E-state index in [0.717, 1.165) is 107 Å². The molecule has 0 amide bonds. The van der Waals surface area contributed by atoms with Gasteiger partial charge in [0, 0.05) is 135 Å². The largest absolute Gasteiger partial charge is 0.393 e. The Kier molecular flexibility index (Phi) is 65.2. The number of rotatable bonds is 16. The smallest absolute Gasteiger partial charge is 0.116 e. The summed E-state index contributed by atoms with van der Waals surface area (Å²) >= 11 is 0. The molecule has 0 aliphatic carbocycles. The summed E-state index contributed by atoms with van der Waals surface area (Å²) < 4.78 is 0. The summed E-state index contributed by atoms with van der Waals surface area (Å²) in [6.07, 6.45) is 4.81. The van der Waals surface area contributed by atoms with E-state index in [1.165, 1.54) is 0 Å². The number of benzene rings is 6. The Balaban J connectivity index is -0.000000625. The van der Waals surface area contributed by atoms with Gasteiger partial charge in [0.2, 0.25) is 0 Å². The van der Waals surface area contributed by atoms with E-state index in [1.54, 1.807) is 80.7 Å². The quantitative estimate of drug-likeness (QED) is 0.0402. The van der Waals surface area contributed by atoms with Crippen LogP contribution in [0.1, 0.15) is 169 Å². The fourth-order valence-electron chi connectivity index (χ4n) is 10.1. The van der Waals surface area contributed by atoms with E-state index < -0.39 is 12.2 Å². The maximum absolute atomic E-state index is 9.76. The van der Waals surface area contributed by atoms with Crippen molar-refractivity contribution >= 4 is 0 Å². The predicted molar refractivity (Wildman–Crippen MR) is 458 cm³/mol. The van der Waals surface area contributed by atoms with Gasteiger partial charge in [-0.05, 0) is 186 Å². The fraction of sp³-hybridized carbons (Fsp3) is 0.404. The summed E-state index contributed by atoms with van der Waals surface area (Å²) in [5.41, 5.74) is 17.7. The number of hydrogen-bond acceptors (Lipinski definition) is 20. The van der Waals surface area contributed by atoms with Gasteiger partial charge in [0.05, 0.1) is 61.0 Å². The van der Waals surface area contributed by atoms with Gasteiger partial charge in [0.1, 0.15) is 31.1 Å². The minimum absolute atomic E-state index is 0. The van der Waals surface area contributed by atoms with Crippen LogP contribution in [0.3, 0.4) is 0 Å². The average Bonchev–Trinajstić information content (AvgIpc) is 0.802. The number of aryl methyl sites for hydroxylation is 6. The molecule has 10 N–H and O–H groups in total. The maximum atomic E-state index is 9.76. The Labute approximate surface area is 776 Å². The summed E-state index contributed by atoms with van der Waals surface area (Å²) in [4.78, 5) is 42.2. The second-order valence-corrected chi connectivity index (χ2v) is 30.1. The molecule has 6 aromatic carbocycles. The summed E-state index contributed by atoms with van der Waals surface area (Å²) in [6.45, 7) is 39.0. The molecular formula is C94H125Ir5N10O10-5. The van der Waals surface area contributed by atoms with Gasteiger partial charge in [-0.1, -0.05) is 90.1 Å². The van der Waals surface area contributed by atoms with Crippen LogP contribution in [0.5, 0.6) is 0 Å². The van der Waals surface area contributed by atoms with Crippen LogP contribution < -0.4 is 0 Å². The van der Waals surface area contributed by atoms with Crippen molar-refractivity contribution in [2.45, 2.75) is 239 Å². The van der Waals surface area contributed by atoms with E-state index in [2.05, 4.69) is 92.3 Å². The standard InChI is InChI=1S/C17H13N2.2C12H11N2.2C11H9N2.C11H24O2.4C5H12O2.5Ir/c1-13-16(14-8-4-2-5-9-14)17(19-12-18-13)15-10-6-3-7-11-15;1-9-10(2)13-8-14-12(9)11-6-4-3-5-7-11;1-9-8-12(14-10(2)13-9)11-6-4-3-5-7-11;2*1-9-7-11(13-8-12-9)10-5-3-2-4-6-10;1-10(2,3)8(12)7-9(13)11(4,5)6;4*1-4(6)3-5(2)7;;;;;/h2-10,12H,1H3;2*3-6,8H,1-2H3;2*2-5,7-8H,1H3;8-9,12-13H,7H2,1-6H3;4*4-7H,3H2,1-2H3;;;;;/q5*-1;;;;;;;;;;. The van der Waals surface area contributed by atoms with Crippen LogP contribution in [0.4, 0.5) is 0 Å². The fourth-order valence-corrected chi connectivity index (χ4v) is 10.1. The minimum Gasteiger partial charge on any atom is -0.393 e. The van der Waals surface area contributed by atoms with Gasteiger partial charge < -0.3 is 51.1 Å². The van der Waals surface area contributed by atoms with Crippen LogP contribution in [-0.2, 0) is 101 Å². The average molecular weight is 2520 g/mol. The van der Waals surface area contributed by atoms with Crippen LogP contribution in [-0.4, -0.2) is 162 Å². The Hall–Kier alpha value is -6.43. The summed E-state index contributed by atoms with van der Waals surface area (Å²) in [5, 5.41) is 88.0. The molecule has 0 aliphatic rings. The zero-order valence-corrected chi connectivity index (χ0v) is 84.4. The van der Waals surface area contributed by atoms with Gasteiger partial charge in [0.15, 0.2) is 0 Å². The first-order valence-corrected chi connectivity index (χ1v) is 38.4. The minimum atomic E-state index is -0.443. The number of aromatic nitrogens is 10. The summed E-state index contributed by atoms with van der Waals surface area (Å²) in [7, 11) is 0. The van der Waals surface area contributed by atoms with Crippen molar-refractivity contribution < 1.29 is 152 Å².